The Morgan fingerprint density at radius 1 is 1.31 bits per heavy atom. The van der Waals surface area contributed by atoms with Gasteiger partial charge in [-0.15, -0.1) is 11.3 Å². The average molecular weight is 373 g/mol. The Bertz CT molecular complexity index is 782. The molecule has 1 N–H and O–H groups in total. The fraction of sp³-hybridized carbons (Fsp3) is 0.421. The monoisotopic (exact) mass is 373 g/mol. The Kier molecular flexibility index (Phi) is 6.22. The molecule has 1 aliphatic carbocycles. The normalized spacial score (nSPS) is 15.2. The molecule has 0 bridgehead atoms. The van der Waals surface area contributed by atoms with Crippen molar-refractivity contribution in [1.29, 1.82) is 0 Å². The third-order valence-corrected chi connectivity index (χ3v) is 5.19. The zero-order valence-corrected chi connectivity index (χ0v) is 15.8. The minimum absolute atomic E-state index is 0.000600. The third-order valence-electron chi connectivity index (χ3n) is 4.33. The lowest BCUT2D eigenvalue weighted by atomic mass is 9.89. The smallest absolute Gasteiger partial charge is 0.314 e. The number of hydrazone groups is 1. The second kappa shape index (κ2) is 8.80. The molecule has 1 aromatic heterocycles. The molecule has 0 saturated heterocycles. The number of rotatable bonds is 6. The molecule has 1 heterocycles. The second-order valence-electron chi connectivity index (χ2n) is 6.33. The molecule has 0 radical (unpaired) electrons. The van der Waals surface area contributed by atoms with Crippen LogP contribution in [-0.2, 0) is 4.79 Å². The first-order valence-corrected chi connectivity index (χ1v) is 9.64. The van der Waals surface area contributed by atoms with Gasteiger partial charge in [0.1, 0.15) is 0 Å². The van der Waals surface area contributed by atoms with E-state index in [9.17, 15) is 4.79 Å². The van der Waals surface area contributed by atoms with E-state index >= 15 is 0 Å². The number of benzene rings is 1. The van der Waals surface area contributed by atoms with Gasteiger partial charge in [0.15, 0.2) is 11.5 Å². The van der Waals surface area contributed by atoms with Crippen LogP contribution in [0.1, 0.15) is 43.4 Å². The number of hydrogen-bond donors (Lipinski definition) is 1. The molecule has 0 amide bonds. The summed E-state index contributed by atoms with van der Waals surface area (Å²) in [6, 6.07) is 5.38. The zero-order chi connectivity index (χ0) is 18.4. The molecule has 6 nitrogen and oxygen atoms in total. The zero-order valence-electron chi connectivity index (χ0n) is 15.0. The van der Waals surface area contributed by atoms with Crippen LogP contribution in [0.5, 0.6) is 11.5 Å². The van der Waals surface area contributed by atoms with Crippen LogP contribution in [0.2, 0.25) is 0 Å². The van der Waals surface area contributed by atoms with Gasteiger partial charge in [-0.05, 0) is 43.5 Å². The van der Waals surface area contributed by atoms with Crippen molar-refractivity contribution in [3.63, 3.8) is 0 Å². The van der Waals surface area contributed by atoms with Crippen LogP contribution in [0.3, 0.4) is 0 Å². The highest BCUT2D eigenvalue weighted by Crippen LogP contribution is 2.31. The van der Waals surface area contributed by atoms with Crippen LogP contribution in [0.25, 0.3) is 0 Å². The molecule has 2 aromatic rings. The van der Waals surface area contributed by atoms with E-state index in [1.807, 2.05) is 18.4 Å². The van der Waals surface area contributed by atoms with Gasteiger partial charge in [-0.2, -0.15) is 5.10 Å². The van der Waals surface area contributed by atoms with E-state index in [2.05, 4.69) is 15.5 Å². The molecule has 0 atom stereocenters. The Hall–Kier alpha value is -2.41. The lowest BCUT2D eigenvalue weighted by molar-refractivity contribution is -0.140. The predicted molar refractivity (Wildman–Crippen MR) is 103 cm³/mol. The van der Waals surface area contributed by atoms with Crippen LogP contribution in [0.4, 0.5) is 5.13 Å². The van der Waals surface area contributed by atoms with Gasteiger partial charge >= 0.3 is 5.97 Å². The van der Waals surface area contributed by atoms with Crippen molar-refractivity contribution in [3.8, 4) is 11.5 Å². The van der Waals surface area contributed by atoms with Gasteiger partial charge in [-0.1, -0.05) is 19.3 Å². The van der Waals surface area contributed by atoms with E-state index in [1.54, 1.807) is 25.5 Å². The van der Waals surface area contributed by atoms with Crippen molar-refractivity contribution < 1.29 is 14.3 Å². The number of thiazole rings is 1. The van der Waals surface area contributed by atoms with Crippen molar-refractivity contribution in [2.24, 2.45) is 11.0 Å². The summed E-state index contributed by atoms with van der Waals surface area (Å²) >= 11 is 1.50. The summed E-state index contributed by atoms with van der Waals surface area (Å²) in [5.41, 5.74) is 4.68. The summed E-state index contributed by atoms with van der Waals surface area (Å²) in [6.07, 6.45) is 6.89. The number of carbonyl (C=O) groups excluding carboxylic acids is 1. The lowest BCUT2D eigenvalue weighted by Crippen LogP contribution is -2.22. The highest BCUT2D eigenvalue weighted by molar-refractivity contribution is 7.13. The van der Waals surface area contributed by atoms with Gasteiger partial charge in [0, 0.05) is 5.38 Å². The first-order chi connectivity index (χ1) is 12.7. The molecule has 1 saturated carbocycles. The lowest BCUT2D eigenvalue weighted by Gasteiger charge is -2.20. The van der Waals surface area contributed by atoms with Gasteiger partial charge in [-0.25, -0.2) is 4.98 Å². The third kappa shape index (κ3) is 4.82. The largest absolute Gasteiger partial charge is 0.493 e. The molecular weight excluding hydrogens is 350 g/mol. The molecular formula is C19H23N3O3S. The summed E-state index contributed by atoms with van der Waals surface area (Å²) in [4.78, 5) is 16.6. The molecule has 138 valence electrons. The summed E-state index contributed by atoms with van der Waals surface area (Å²) in [5.74, 6) is 0.804. The minimum atomic E-state index is -0.162. The molecule has 1 aliphatic rings. The van der Waals surface area contributed by atoms with Gasteiger partial charge in [0.05, 0.1) is 24.9 Å². The molecule has 0 aliphatic heterocycles. The van der Waals surface area contributed by atoms with Crippen molar-refractivity contribution in [3.05, 3.63) is 34.8 Å². The van der Waals surface area contributed by atoms with E-state index in [0.717, 1.165) is 42.1 Å². The quantitative estimate of drug-likeness (QED) is 0.352. The SMILES string of the molecule is COc1cc(C=NNc2nc(C)cs2)ccc1OC(=O)C1CCCCC1. The number of nitrogens with one attached hydrogen (secondary N) is 1. The van der Waals surface area contributed by atoms with Crippen LogP contribution in [-0.4, -0.2) is 24.3 Å². The maximum Gasteiger partial charge on any atom is 0.314 e. The number of carbonyl (C=O) groups is 1. The van der Waals surface area contributed by atoms with Gasteiger partial charge in [0.25, 0.3) is 0 Å². The van der Waals surface area contributed by atoms with Gasteiger partial charge in [0.2, 0.25) is 5.13 Å². The molecule has 1 fully saturated rings. The molecule has 3 rings (SSSR count). The van der Waals surface area contributed by atoms with E-state index in [1.165, 1.54) is 17.8 Å². The maximum absolute atomic E-state index is 12.3. The number of methoxy groups -OCH3 is 1. The first kappa shape index (κ1) is 18.4. The van der Waals surface area contributed by atoms with Crippen LogP contribution < -0.4 is 14.9 Å². The van der Waals surface area contributed by atoms with Crippen molar-refractivity contribution in [2.45, 2.75) is 39.0 Å². The van der Waals surface area contributed by atoms with Gasteiger partial charge in [-0.3, -0.25) is 10.2 Å². The average Bonchev–Trinajstić information content (AvgIpc) is 3.08. The van der Waals surface area contributed by atoms with E-state index in [-0.39, 0.29) is 11.9 Å². The van der Waals surface area contributed by atoms with Crippen molar-refractivity contribution in [2.75, 3.05) is 12.5 Å². The summed E-state index contributed by atoms with van der Waals surface area (Å²) in [5, 5.41) is 6.87. The van der Waals surface area contributed by atoms with E-state index in [4.69, 9.17) is 9.47 Å². The van der Waals surface area contributed by atoms with Crippen molar-refractivity contribution in [1.82, 2.24) is 4.98 Å². The molecule has 1 aromatic carbocycles. The maximum atomic E-state index is 12.3. The van der Waals surface area contributed by atoms with E-state index in [0.29, 0.717) is 11.5 Å². The fourth-order valence-electron chi connectivity index (χ4n) is 2.95. The number of ether oxygens (including phenoxy) is 2. The predicted octanol–water partition coefficient (Wildman–Crippen LogP) is 4.39. The Morgan fingerprint density at radius 3 is 2.81 bits per heavy atom. The summed E-state index contributed by atoms with van der Waals surface area (Å²) in [7, 11) is 1.56. The van der Waals surface area contributed by atoms with Gasteiger partial charge < -0.3 is 9.47 Å². The van der Waals surface area contributed by atoms with Crippen LogP contribution in [0.15, 0.2) is 28.7 Å². The van der Waals surface area contributed by atoms with Crippen molar-refractivity contribution >= 4 is 28.7 Å². The first-order valence-electron chi connectivity index (χ1n) is 8.76. The van der Waals surface area contributed by atoms with E-state index < -0.39 is 0 Å². The summed E-state index contributed by atoms with van der Waals surface area (Å²) < 4.78 is 10.9. The highest BCUT2D eigenvalue weighted by atomic mass is 32.1. The molecule has 0 unspecified atom stereocenters. The number of hydrogen-bond acceptors (Lipinski definition) is 7. The minimum Gasteiger partial charge on any atom is -0.493 e. The number of aromatic nitrogens is 1. The summed E-state index contributed by atoms with van der Waals surface area (Å²) in [6.45, 7) is 1.93. The molecule has 0 spiro atoms. The van der Waals surface area contributed by atoms with Crippen LogP contribution in [0, 0.1) is 12.8 Å². The Morgan fingerprint density at radius 2 is 2.12 bits per heavy atom. The molecule has 7 heteroatoms. The topological polar surface area (TPSA) is 72.8 Å². The molecule has 26 heavy (non-hydrogen) atoms. The standard InChI is InChI=1S/C19H23N3O3S/c1-13-12-26-19(21-13)22-20-11-14-8-9-16(17(10-14)24-2)25-18(23)15-6-4-3-5-7-15/h8-12,15H,3-7H2,1-2H3,(H,21,22). The number of aryl methyl sites for hydroxylation is 1. The number of nitrogens with zero attached hydrogens (tertiary/aromatic N) is 2. The second-order valence-corrected chi connectivity index (χ2v) is 7.19. The Labute approximate surface area is 157 Å². The van der Waals surface area contributed by atoms with Crippen LogP contribution >= 0.6 is 11.3 Å². The fourth-order valence-corrected chi connectivity index (χ4v) is 3.58. The number of esters is 1. The number of anilines is 1. The Balaban J connectivity index is 1.64. The highest BCUT2D eigenvalue weighted by Gasteiger charge is 2.24.